The van der Waals surface area contributed by atoms with Gasteiger partial charge in [0.05, 0.1) is 32.0 Å². The van der Waals surface area contributed by atoms with Gasteiger partial charge in [0.25, 0.3) is 0 Å². The second-order valence-electron chi connectivity index (χ2n) is 27.8. The Morgan fingerprint density at radius 2 is 0.686 bits per heavy atom. The average molecular weight is 1430 g/mol. The second kappa shape index (κ2) is 69.6. The van der Waals surface area contributed by atoms with Crippen LogP contribution in [0.1, 0.15) is 296 Å². The summed E-state index contributed by atoms with van der Waals surface area (Å²) in [7, 11) is 0. The van der Waals surface area contributed by atoms with Crippen molar-refractivity contribution >= 4 is 5.91 Å². The Labute approximate surface area is 620 Å². The van der Waals surface area contributed by atoms with Crippen LogP contribution in [0.25, 0.3) is 0 Å². The smallest absolute Gasteiger partial charge is 0.220 e. The number of allylic oxidation sites excluding steroid dienone is 25. The predicted octanol–water partition coefficient (Wildman–Crippen LogP) is 18.9. The number of rotatable bonds is 66. The molecular formula is C88H147NO13. The number of ether oxygens (including phenoxy) is 4. The van der Waals surface area contributed by atoms with E-state index in [1.807, 2.05) is 6.08 Å². The fourth-order valence-corrected chi connectivity index (χ4v) is 12.3. The normalized spacial score (nSPS) is 22.5. The lowest BCUT2D eigenvalue weighted by atomic mass is 9.97. The van der Waals surface area contributed by atoms with Crippen molar-refractivity contribution < 1.29 is 64.6 Å². The van der Waals surface area contributed by atoms with Crippen molar-refractivity contribution in [3.05, 3.63) is 158 Å². The van der Waals surface area contributed by atoms with Crippen LogP contribution in [0.15, 0.2) is 158 Å². The van der Waals surface area contributed by atoms with Gasteiger partial charge in [-0.2, -0.15) is 0 Å². The number of carbonyl (C=O) groups is 1. The van der Waals surface area contributed by atoms with Gasteiger partial charge in [-0.1, -0.05) is 326 Å². The Morgan fingerprint density at radius 3 is 1.08 bits per heavy atom. The number of amides is 1. The first-order chi connectivity index (χ1) is 50.1. The standard InChI is InChI=1S/C88H147NO13/c1-3-5-7-9-11-13-15-17-19-21-23-25-27-29-31-33-34-35-36-37-38-39-40-41-42-44-46-48-50-52-54-56-58-60-62-64-66-68-70-72-80(93)89-76(75-99-87-85(98)83(96)86(79(74-91)101-87)102-88-84(97)82(95)81(94)78(73-90)100-88)77(92)71-69-67-65-63-61-59-57-55-53-51-49-47-45-43-32-30-28-26-24-22-20-18-16-14-12-10-8-6-4-2/h5,7,11,13,17,19,23,25,29,31,34-35,37-38,40-41,44,46,50,52-53,55,61,63,69,71,76-79,81-88,90-92,94-98H,3-4,6,8-10,12,14-16,18,20-22,24,26-28,30,32-33,36,39,42-43,45,47-49,51,54,56-60,62,64-68,70,72-75H2,1-2H3,(H,89,93)/b7-5-,13-11-,19-17-,25-23-,31-29-,35-34-,38-37-,41-40-,46-44-,52-50-,55-53+,63-61+,71-69+. The Balaban J connectivity index is 1.66. The molecule has 2 rings (SSSR count). The number of unbranched alkanes of at least 4 members (excludes halogenated alkanes) is 29. The van der Waals surface area contributed by atoms with E-state index in [0.717, 1.165) is 122 Å². The molecule has 2 saturated heterocycles. The predicted molar refractivity (Wildman–Crippen MR) is 424 cm³/mol. The SMILES string of the molecule is CC/C=C\C/C=C\C/C=C\C/C=C\C/C=C\C/C=C\C/C=C\C/C=C\C/C=C\C/C=C\CCCCCCCCCCC(=O)NC(COC1OC(CO)C(OC2OC(CO)C(O)C(O)C2O)C(O)C1O)C(O)/C=C/CC/C=C/CC/C=C/CCCCCCCCCCCCCCCCCCCCC. The first-order valence-corrected chi connectivity index (χ1v) is 40.7. The van der Waals surface area contributed by atoms with Crippen molar-refractivity contribution in [3.8, 4) is 0 Å². The Morgan fingerprint density at radius 1 is 0.363 bits per heavy atom. The summed E-state index contributed by atoms with van der Waals surface area (Å²) < 4.78 is 22.9. The molecule has 14 nitrogen and oxygen atoms in total. The van der Waals surface area contributed by atoms with E-state index in [1.54, 1.807) is 6.08 Å². The fourth-order valence-electron chi connectivity index (χ4n) is 12.3. The molecule has 2 aliphatic heterocycles. The summed E-state index contributed by atoms with van der Waals surface area (Å²) in [6.45, 7) is 2.67. The highest BCUT2D eigenvalue weighted by atomic mass is 16.7. The zero-order valence-electron chi connectivity index (χ0n) is 63.8. The van der Waals surface area contributed by atoms with Gasteiger partial charge in [0.1, 0.15) is 48.8 Å². The van der Waals surface area contributed by atoms with Crippen LogP contribution in [0.4, 0.5) is 0 Å². The second-order valence-corrected chi connectivity index (χ2v) is 27.8. The molecule has 0 aromatic rings. The number of aliphatic hydroxyl groups is 8. The van der Waals surface area contributed by atoms with Crippen LogP contribution in [0.5, 0.6) is 0 Å². The van der Waals surface area contributed by atoms with Crippen LogP contribution >= 0.6 is 0 Å². The van der Waals surface area contributed by atoms with Crippen molar-refractivity contribution in [3.63, 3.8) is 0 Å². The van der Waals surface area contributed by atoms with Crippen LogP contribution in [-0.2, 0) is 23.7 Å². The molecule has 0 saturated carbocycles. The Bertz CT molecular complexity index is 2330. The van der Waals surface area contributed by atoms with Crippen LogP contribution in [0.2, 0.25) is 0 Å². The minimum Gasteiger partial charge on any atom is -0.394 e. The third-order valence-corrected chi connectivity index (χ3v) is 18.7. The Kier molecular flexibility index (Phi) is 64.0. The van der Waals surface area contributed by atoms with Gasteiger partial charge in [-0.25, -0.2) is 0 Å². The molecule has 102 heavy (non-hydrogen) atoms. The van der Waals surface area contributed by atoms with E-state index in [-0.39, 0.29) is 18.9 Å². The summed E-state index contributed by atoms with van der Waals surface area (Å²) in [4.78, 5) is 13.4. The van der Waals surface area contributed by atoms with Crippen molar-refractivity contribution in [2.45, 2.75) is 370 Å². The minimum absolute atomic E-state index is 0.250. The quantitative estimate of drug-likeness (QED) is 0.0204. The summed E-state index contributed by atoms with van der Waals surface area (Å²) in [6.07, 6.45) is 90.3. The van der Waals surface area contributed by atoms with E-state index < -0.39 is 86.8 Å². The number of hydrogen-bond acceptors (Lipinski definition) is 13. The summed E-state index contributed by atoms with van der Waals surface area (Å²) in [6, 6.07) is -0.957. The van der Waals surface area contributed by atoms with Crippen LogP contribution in [-0.4, -0.2) is 140 Å². The maximum Gasteiger partial charge on any atom is 0.220 e. The largest absolute Gasteiger partial charge is 0.394 e. The first-order valence-electron chi connectivity index (χ1n) is 40.7. The summed E-state index contributed by atoms with van der Waals surface area (Å²) in [5, 5.41) is 87.7. The highest BCUT2D eigenvalue weighted by molar-refractivity contribution is 5.76. The molecular weight excluding hydrogens is 1280 g/mol. The number of aliphatic hydroxyl groups excluding tert-OH is 8. The molecule has 0 aromatic heterocycles. The van der Waals surface area contributed by atoms with Gasteiger partial charge < -0.3 is 65.1 Å². The van der Waals surface area contributed by atoms with Gasteiger partial charge in [0.2, 0.25) is 5.91 Å². The lowest BCUT2D eigenvalue weighted by Gasteiger charge is -2.46. The van der Waals surface area contributed by atoms with E-state index >= 15 is 0 Å². The molecule has 0 spiro atoms. The molecule has 0 aromatic carbocycles. The van der Waals surface area contributed by atoms with Gasteiger partial charge in [0.15, 0.2) is 12.6 Å². The maximum atomic E-state index is 13.4. The number of hydrogen-bond donors (Lipinski definition) is 9. The summed E-state index contributed by atoms with van der Waals surface area (Å²) >= 11 is 0. The molecule has 12 atom stereocenters. The molecule has 1 amide bonds. The van der Waals surface area contributed by atoms with Crippen molar-refractivity contribution in [1.29, 1.82) is 0 Å². The molecule has 0 aliphatic carbocycles. The third-order valence-electron chi connectivity index (χ3n) is 18.7. The van der Waals surface area contributed by atoms with E-state index in [1.165, 1.54) is 141 Å². The van der Waals surface area contributed by atoms with Crippen LogP contribution in [0.3, 0.4) is 0 Å². The minimum atomic E-state index is -1.80. The fraction of sp³-hybridized carbons (Fsp3) is 0.693. The highest BCUT2D eigenvalue weighted by Gasteiger charge is 2.51. The van der Waals surface area contributed by atoms with E-state index in [9.17, 15) is 45.6 Å². The van der Waals surface area contributed by atoms with E-state index in [0.29, 0.717) is 12.8 Å². The Hall–Kier alpha value is -4.39. The van der Waals surface area contributed by atoms with Gasteiger partial charge >= 0.3 is 0 Å². The molecule has 14 heteroatoms. The lowest BCUT2D eigenvalue weighted by molar-refractivity contribution is -0.359. The van der Waals surface area contributed by atoms with Crippen molar-refractivity contribution in [1.82, 2.24) is 5.32 Å². The van der Waals surface area contributed by atoms with Crippen LogP contribution < -0.4 is 5.32 Å². The van der Waals surface area contributed by atoms with Crippen molar-refractivity contribution in [2.24, 2.45) is 0 Å². The zero-order valence-corrected chi connectivity index (χ0v) is 63.8. The first kappa shape index (κ1) is 93.7. The summed E-state index contributed by atoms with van der Waals surface area (Å²) in [5.74, 6) is -0.266. The maximum absolute atomic E-state index is 13.4. The van der Waals surface area contributed by atoms with Gasteiger partial charge in [-0.3, -0.25) is 4.79 Å². The molecule has 2 heterocycles. The molecule has 0 bridgehead atoms. The molecule has 0 radical (unpaired) electrons. The highest BCUT2D eigenvalue weighted by Crippen LogP contribution is 2.30. The van der Waals surface area contributed by atoms with E-state index in [2.05, 4.69) is 165 Å². The van der Waals surface area contributed by atoms with Crippen molar-refractivity contribution in [2.75, 3.05) is 19.8 Å². The van der Waals surface area contributed by atoms with Gasteiger partial charge in [-0.15, -0.1) is 0 Å². The number of carbonyl (C=O) groups excluding carboxylic acids is 1. The van der Waals surface area contributed by atoms with E-state index in [4.69, 9.17) is 18.9 Å². The molecule has 12 unspecified atom stereocenters. The molecule has 2 fully saturated rings. The average Bonchev–Trinajstić information content (AvgIpc) is 0.790. The van der Waals surface area contributed by atoms with Crippen LogP contribution in [0, 0.1) is 0 Å². The molecule has 2 aliphatic rings. The van der Waals surface area contributed by atoms with Gasteiger partial charge in [0, 0.05) is 6.42 Å². The zero-order chi connectivity index (χ0) is 73.7. The van der Waals surface area contributed by atoms with Gasteiger partial charge in [-0.05, 0) is 122 Å². The molecule has 582 valence electrons. The monoisotopic (exact) mass is 1430 g/mol. The lowest BCUT2D eigenvalue weighted by Crippen LogP contribution is -2.65. The third kappa shape index (κ3) is 51.7. The number of nitrogens with one attached hydrogen (secondary N) is 1. The summed E-state index contributed by atoms with van der Waals surface area (Å²) in [5.41, 5.74) is 0. The molecule has 9 N–H and O–H groups in total. The topological polar surface area (TPSA) is 228 Å².